The summed E-state index contributed by atoms with van der Waals surface area (Å²) in [6.07, 6.45) is 0. The molecule has 0 fully saturated rings. The Labute approximate surface area is 94.1 Å². The summed E-state index contributed by atoms with van der Waals surface area (Å²) in [5, 5.41) is 2.73. The number of alkyl halides is 1. The van der Waals surface area contributed by atoms with Crippen LogP contribution >= 0.6 is 15.9 Å². The Morgan fingerprint density at radius 3 is 2.60 bits per heavy atom. The van der Waals surface area contributed by atoms with E-state index in [2.05, 4.69) is 27.8 Å². The molecule has 0 bridgehead atoms. The van der Waals surface area contributed by atoms with E-state index in [-0.39, 0.29) is 16.0 Å². The molecule has 0 aliphatic carbocycles. The van der Waals surface area contributed by atoms with Crippen molar-refractivity contribution in [3.63, 3.8) is 0 Å². The van der Waals surface area contributed by atoms with Gasteiger partial charge in [0.15, 0.2) is 0 Å². The fraction of sp³-hybridized carbons (Fsp3) is 0.100. The van der Waals surface area contributed by atoms with Gasteiger partial charge >= 0.3 is 0 Å². The molecule has 0 spiro atoms. The number of rotatable bonds is 0. The van der Waals surface area contributed by atoms with Crippen LogP contribution in [0.5, 0.6) is 0 Å². The van der Waals surface area contributed by atoms with Gasteiger partial charge in [0, 0.05) is 5.56 Å². The molecule has 0 unspecified atom stereocenters. The average Bonchev–Trinajstić information content (AvgIpc) is 2.54. The minimum atomic E-state index is -0.395. The van der Waals surface area contributed by atoms with E-state index in [1.54, 1.807) is 0 Å². The molecular weight excluding hydrogens is 268 g/mol. The van der Waals surface area contributed by atoms with Crippen LogP contribution in [0.2, 0.25) is 0 Å². The summed E-state index contributed by atoms with van der Waals surface area (Å²) < 4.78 is 22.8. The molecule has 1 aromatic rings. The molecule has 1 aliphatic heterocycles. The van der Waals surface area contributed by atoms with Gasteiger partial charge in [-0.2, -0.15) is 0 Å². The predicted molar refractivity (Wildman–Crippen MR) is 58.2 cm³/mol. The van der Waals surface area contributed by atoms with Crippen molar-refractivity contribution in [1.29, 1.82) is 0 Å². The van der Waals surface area contributed by atoms with Gasteiger partial charge in [-0.1, -0.05) is 6.58 Å². The highest BCUT2D eigenvalue weighted by Gasteiger charge is 2.26. The van der Waals surface area contributed by atoms with Gasteiger partial charge in [0.1, 0.15) is 5.82 Å². The number of ketones is 1. The minimum Gasteiger partial charge on any atom is -0.351 e. The fourth-order valence-electron chi connectivity index (χ4n) is 1.23. The molecule has 0 atom stereocenters. The van der Waals surface area contributed by atoms with Crippen molar-refractivity contribution in [3.05, 3.63) is 40.3 Å². The highest BCUT2D eigenvalue weighted by molar-refractivity contribution is 9.10. The molecular formula is C10H8BrF2NO. The zero-order valence-electron chi connectivity index (χ0n) is 7.90. The number of allylic oxidation sites excluding steroid dienone is 1. The first kappa shape index (κ1) is 11.8. The molecule has 5 heteroatoms. The summed E-state index contributed by atoms with van der Waals surface area (Å²) in [5.41, 5.74) is 1.20. The van der Waals surface area contributed by atoms with Crippen molar-refractivity contribution in [2.24, 2.45) is 0 Å². The maximum Gasteiger partial charge on any atom is 0.210 e. The monoisotopic (exact) mass is 275 g/mol. The van der Waals surface area contributed by atoms with Crippen LogP contribution in [0, 0.1) is 5.82 Å². The van der Waals surface area contributed by atoms with Crippen molar-refractivity contribution in [2.45, 2.75) is 0 Å². The van der Waals surface area contributed by atoms with E-state index < -0.39 is 5.82 Å². The highest BCUT2D eigenvalue weighted by Crippen LogP contribution is 2.35. The first-order valence-electron chi connectivity index (χ1n) is 3.97. The number of hydrogen-bond acceptors (Lipinski definition) is 2. The minimum absolute atomic E-state index is 0.185. The smallest absolute Gasteiger partial charge is 0.210 e. The molecule has 2 nitrogen and oxygen atoms in total. The van der Waals surface area contributed by atoms with Crippen LogP contribution < -0.4 is 5.32 Å². The maximum absolute atomic E-state index is 13.0. The molecule has 0 saturated carbocycles. The number of anilines is 1. The second-order valence-corrected chi connectivity index (χ2v) is 3.51. The van der Waals surface area contributed by atoms with E-state index >= 15 is 0 Å². The zero-order chi connectivity index (χ0) is 11.6. The third-order valence-electron chi connectivity index (χ3n) is 1.89. The van der Waals surface area contributed by atoms with Gasteiger partial charge in [-0.25, -0.2) is 4.39 Å². The van der Waals surface area contributed by atoms with E-state index in [0.29, 0.717) is 18.4 Å². The van der Waals surface area contributed by atoms with Crippen LogP contribution in [0.25, 0.3) is 0 Å². The number of fused-ring (bicyclic) bond motifs is 1. The van der Waals surface area contributed by atoms with Gasteiger partial charge < -0.3 is 5.32 Å². The number of hydrogen-bond donors (Lipinski definition) is 1. The van der Waals surface area contributed by atoms with Crippen LogP contribution in [0.4, 0.5) is 14.5 Å². The first-order chi connectivity index (χ1) is 7.11. The number of benzene rings is 1. The normalized spacial score (nSPS) is 12.8. The summed E-state index contributed by atoms with van der Waals surface area (Å²) >= 11 is 3.06. The second-order valence-electron chi connectivity index (χ2n) is 2.72. The Kier molecular flexibility index (Phi) is 3.57. The molecule has 1 aromatic carbocycles. The van der Waals surface area contributed by atoms with Crippen LogP contribution in [-0.4, -0.2) is 13.0 Å². The molecule has 0 amide bonds. The number of nitrogens with one attached hydrogen (secondary N) is 1. The van der Waals surface area contributed by atoms with Gasteiger partial charge in [-0.05, 0) is 28.1 Å². The summed E-state index contributed by atoms with van der Waals surface area (Å²) in [4.78, 5) is 11.4. The average molecular weight is 276 g/mol. The highest BCUT2D eigenvalue weighted by atomic mass is 79.9. The number of carbonyl (C=O) groups is 1. The first-order valence-corrected chi connectivity index (χ1v) is 4.77. The van der Waals surface area contributed by atoms with Gasteiger partial charge in [-0.3, -0.25) is 9.18 Å². The summed E-state index contributed by atoms with van der Waals surface area (Å²) in [5.74, 6) is -0.579. The van der Waals surface area contributed by atoms with E-state index in [4.69, 9.17) is 0 Å². The van der Waals surface area contributed by atoms with Gasteiger partial charge in [-0.15, -0.1) is 0 Å². The maximum atomic E-state index is 13.0. The van der Waals surface area contributed by atoms with Crippen LogP contribution in [0.3, 0.4) is 0 Å². The van der Waals surface area contributed by atoms with Crippen LogP contribution in [-0.2, 0) is 0 Å². The van der Waals surface area contributed by atoms with E-state index in [9.17, 15) is 13.6 Å². The molecule has 15 heavy (non-hydrogen) atoms. The Bertz CT molecular complexity index is 432. The molecule has 1 N–H and O–H groups in total. The quantitative estimate of drug-likeness (QED) is 0.737. The van der Waals surface area contributed by atoms with Crippen LogP contribution in [0.1, 0.15) is 10.4 Å². The largest absolute Gasteiger partial charge is 0.351 e. The standard InChI is InChI=1S/C9H5BrFNO.CH3F/c1-4-9(13)5-2-3-6(11)7(10)8(5)12-4;1-2/h2-3,12H,1H2;1H3. The summed E-state index contributed by atoms with van der Waals surface area (Å²) in [6, 6.07) is 2.70. The number of halogens is 3. The lowest BCUT2D eigenvalue weighted by molar-refractivity contribution is 0.104. The molecule has 0 saturated heterocycles. The fourth-order valence-corrected chi connectivity index (χ4v) is 1.68. The van der Waals surface area contributed by atoms with Crippen molar-refractivity contribution in [1.82, 2.24) is 0 Å². The lowest BCUT2D eigenvalue weighted by atomic mass is 10.1. The topological polar surface area (TPSA) is 29.1 Å². The molecule has 0 radical (unpaired) electrons. The third kappa shape index (κ3) is 1.92. The Morgan fingerprint density at radius 1 is 1.40 bits per heavy atom. The summed E-state index contributed by atoms with van der Waals surface area (Å²) in [6.45, 7) is 3.52. The summed E-state index contributed by atoms with van der Waals surface area (Å²) in [7, 11) is 0.500. The zero-order valence-corrected chi connectivity index (χ0v) is 9.49. The Hall–Kier alpha value is -1.23. The van der Waals surface area contributed by atoms with E-state index in [0.717, 1.165) is 0 Å². The van der Waals surface area contributed by atoms with Gasteiger partial charge in [0.2, 0.25) is 5.78 Å². The SMILES string of the molecule is C=C1Nc2c(ccc(F)c2Br)C1=O.CF. The second kappa shape index (κ2) is 4.53. The van der Waals surface area contributed by atoms with Crippen molar-refractivity contribution in [2.75, 3.05) is 12.5 Å². The lowest BCUT2D eigenvalue weighted by Gasteiger charge is -2.01. The molecule has 2 rings (SSSR count). The van der Waals surface area contributed by atoms with Gasteiger partial charge in [0.25, 0.3) is 0 Å². The molecule has 1 aliphatic rings. The Morgan fingerprint density at radius 2 is 2.00 bits per heavy atom. The Balaban J connectivity index is 0.000000531. The molecule has 80 valence electrons. The number of Topliss-reactive ketones (excluding diaryl/α,β-unsaturated/α-hetero) is 1. The van der Waals surface area contributed by atoms with E-state index in [1.165, 1.54) is 12.1 Å². The lowest BCUT2D eigenvalue weighted by Crippen LogP contribution is -1.96. The predicted octanol–water partition coefficient (Wildman–Crippen LogP) is 3.30. The molecule has 0 aromatic heterocycles. The van der Waals surface area contributed by atoms with E-state index in [1.807, 2.05) is 0 Å². The molecule has 1 heterocycles. The van der Waals surface area contributed by atoms with Crippen LogP contribution in [0.15, 0.2) is 28.9 Å². The number of carbonyl (C=O) groups excluding carboxylic acids is 1. The van der Waals surface area contributed by atoms with Crippen molar-refractivity contribution in [3.8, 4) is 0 Å². The van der Waals surface area contributed by atoms with Gasteiger partial charge in [0.05, 0.1) is 23.0 Å². The van der Waals surface area contributed by atoms with Crippen molar-refractivity contribution < 1.29 is 13.6 Å². The van der Waals surface area contributed by atoms with Crippen molar-refractivity contribution >= 4 is 27.4 Å². The third-order valence-corrected chi connectivity index (χ3v) is 2.66.